The summed E-state index contributed by atoms with van der Waals surface area (Å²) < 4.78 is 7.45. The number of aromatic nitrogens is 3. The smallest absolute Gasteiger partial charge is 0.270 e. The van der Waals surface area contributed by atoms with Crippen LogP contribution in [0.15, 0.2) is 59.5 Å². The number of para-hydroxylation sites is 2. The van der Waals surface area contributed by atoms with E-state index in [9.17, 15) is 9.59 Å². The van der Waals surface area contributed by atoms with Gasteiger partial charge >= 0.3 is 0 Å². The third-order valence-corrected chi connectivity index (χ3v) is 4.93. The molecule has 0 aliphatic rings. The zero-order valence-corrected chi connectivity index (χ0v) is 16.1. The fourth-order valence-electron chi connectivity index (χ4n) is 3.44. The van der Waals surface area contributed by atoms with E-state index in [0.717, 1.165) is 22.2 Å². The molecule has 0 unspecified atom stereocenters. The fraction of sp³-hybridized carbons (Fsp3) is 0.227. The highest BCUT2D eigenvalue weighted by atomic mass is 16.5. The van der Waals surface area contributed by atoms with Crippen molar-refractivity contribution in [3.8, 4) is 5.75 Å². The number of H-pyrrole nitrogens is 1. The maximum absolute atomic E-state index is 12.2. The van der Waals surface area contributed by atoms with Gasteiger partial charge in [-0.1, -0.05) is 18.2 Å². The summed E-state index contributed by atoms with van der Waals surface area (Å²) in [4.78, 5) is 31.5. The lowest BCUT2D eigenvalue weighted by Crippen LogP contribution is -2.28. The molecule has 0 fully saturated rings. The second-order valence-corrected chi connectivity index (χ2v) is 6.78. The van der Waals surface area contributed by atoms with E-state index >= 15 is 0 Å². The highest BCUT2D eigenvalue weighted by Gasteiger charge is 2.09. The van der Waals surface area contributed by atoms with Crippen LogP contribution in [0.4, 0.5) is 0 Å². The van der Waals surface area contributed by atoms with E-state index in [-0.39, 0.29) is 17.9 Å². The van der Waals surface area contributed by atoms with Crippen LogP contribution in [0.25, 0.3) is 21.9 Å². The molecule has 2 heterocycles. The standard InChI is InChI=1S/C22H22N4O3/c1-29-20-8-4-7-19-15(20)11-13-26(19)14-12-23-21(27)10-9-18-22(28)25-17-6-3-2-5-16(17)24-18/h2-8,11,13H,9-10,12,14H2,1H3,(H,23,27)(H,25,28). The molecule has 0 atom stereocenters. The minimum absolute atomic E-state index is 0.103. The first kappa shape index (κ1) is 18.7. The average molecular weight is 390 g/mol. The van der Waals surface area contributed by atoms with Gasteiger partial charge in [-0.25, -0.2) is 4.98 Å². The third kappa shape index (κ3) is 3.99. The van der Waals surface area contributed by atoms with Crippen molar-refractivity contribution >= 4 is 27.8 Å². The zero-order valence-electron chi connectivity index (χ0n) is 16.1. The minimum atomic E-state index is -0.246. The van der Waals surface area contributed by atoms with Gasteiger partial charge in [0, 0.05) is 37.5 Å². The van der Waals surface area contributed by atoms with E-state index in [1.54, 1.807) is 13.2 Å². The number of hydrogen-bond donors (Lipinski definition) is 2. The van der Waals surface area contributed by atoms with Gasteiger partial charge in [-0.15, -0.1) is 0 Å². The van der Waals surface area contributed by atoms with Gasteiger partial charge in [0.15, 0.2) is 0 Å². The van der Waals surface area contributed by atoms with Crippen LogP contribution in [0, 0.1) is 0 Å². The Hall–Kier alpha value is -3.61. The number of aryl methyl sites for hydroxylation is 1. The Morgan fingerprint density at radius 3 is 2.90 bits per heavy atom. The van der Waals surface area contributed by atoms with E-state index in [1.807, 2.05) is 48.7 Å². The number of amides is 1. The van der Waals surface area contributed by atoms with Crippen molar-refractivity contribution in [2.75, 3.05) is 13.7 Å². The number of aromatic amines is 1. The molecule has 0 saturated heterocycles. The molecule has 4 aromatic rings. The molecular formula is C22H22N4O3. The molecule has 0 aliphatic carbocycles. The highest BCUT2D eigenvalue weighted by Crippen LogP contribution is 2.25. The number of carbonyl (C=O) groups excluding carboxylic acids is 1. The van der Waals surface area contributed by atoms with Crippen LogP contribution in [0.2, 0.25) is 0 Å². The largest absolute Gasteiger partial charge is 0.496 e. The number of ether oxygens (including phenoxy) is 1. The Bertz CT molecular complexity index is 1230. The first-order valence-corrected chi connectivity index (χ1v) is 9.52. The maximum Gasteiger partial charge on any atom is 0.270 e. The van der Waals surface area contributed by atoms with Crippen molar-refractivity contribution in [1.29, 1.82) is 0 Å². The number of benzene rings is 2. The zero-order chi connectivity index (χ0) is 20.2. The van der Waals surface area contributed by atoms with Gasteiger partial charge in [-0.05, 0) is 30.3 Å². The molecule has 2 aromatic carbocycles. The molecule has 0 bridgehead atoms. The number of fused-ring (bicyclic) bond motifs is 2. The molecule has 4 rings (SSSR count). The second-order valence-electron chi connectivity index (χ2n) is 6.78. The second kappa shape index (κ2) is 8.18. The van der Waals surface area contributed by atoms with Gasteiger partial charge in [0.05, 0.1) is 23.7 Å². The molecule has 7 nitrogen and oxygen atoms in total. The number of methoxy groups -OCH3 is 1. The highest BCUT2D eigenvalue weighted by molar-refractivity contribution is 5.86. The van der Waals surface area contributed by atoms with Crippen LogP contribution in [0.5, 0.6) is 5.75 Å². The first-order chi connectivity index (χ1) is 14.2. The van der Waals surface area contributed by atoms with E-state index in [2.05, 4.69) is 19.9 Å². The summed E-state index contributed by atoms with van der Waals surface area (Å²) >= 11 is 0. The third-order valence-electron chi connectivity index (χ3n) is 4.93. The number of hydrogen-bond acceptors (Lipinski definition) is 4. The predicted molar refractivity (Wildman–Crippen MR) is 112 cm³/mol. The van der Waals surface area contributed by atoms with Gasteiger partial charge in [0.1, 0.15) is 11.4 Å². The van der Waals surface area contributed by atoms with Crippen LogP contribution in [-0.4, -0.2) is 34.1 Å². The van der Waals surface area contributed by atoms with Crippen molar-refractivity contribution < 1.29 is 9.53 Å². The van der Waals surface area contributed by atoms with Crippen LogP contribution in [0.3, 0.4) is 0 Å². The Kier molecular flexibility index (Phi) is 5.29. The predicted octanol–water partition coefficient (Wildman–Crippen LogP) is 2.64. The summed E-state index contributed by atoms with van der Waals surface area (Å²) in [5.41, 5.74) is 2.61. The monoisotopic (exact) mass is 390 g/mol. The van der Waals surface area contributed by atoms with Crippen molar-refractivity contribution in [2.24, 2.45) is 0 Å². The lowest BCUT2D eigenvalue weighted by atomic mass is 10.2. The maximum atomic E-state index is 12.2. The fourth-order valence-corrected chi connectivity index (χ4v) is 3.44. The number of nitrogens with one attached hydrogen (secondary N) is 2. The van der Waals surface area contributed by atoms with Crippen LogP contribution >= 0.6 is 0 Å². The number of rotatable bonds is 7. The summed E-state index contributed by atoms with van der Waals surface area (Å²) in [6.45, 7) is 1.15. The molecule has 0 aliphatic heterocycles. The molecule has 2 aromatic heterocycles. The lowest BCUT2D eigenvalue weighted by molar-refractivity contribution is -0.121. The number of carbonyl (C=O) groups is 1. The summed E-state index contributed by atoms with van der Waals surface area (Å²) in [7, 11) is 1.65. The average Bonchev–Trinajstić information content (AvgIpc) is 3.15. The number of nitrogens with zero attached hydrogens (tertiary/aromatic N) is 2. The first-order valence-electron chi connectivity index (χ1n) is 9.52. The van der Waals surface area contributed by atoms with Crippen LogP contribution in [0.1, 0.15) is 12.1 Å². The van der Waals surface area contributed by atoms with Gasteiger partial charge in [0.25, 0.3) is 5.56 Å². The molecule has 148 valence electrons. The van der Waals surface area contributed by atoms with E-state index in [4.69, 9.17) is 4.74 Å². The van der Waals surface area contributed by atoms with E-state index in [1.165, 1.54) is 0 Å². The molecule has 0 radical (unpaired) electrons. The molecule has 29 heavy (non-hydrogen) atoms. The molecule has 0 saturated carbocycles. The van der Waals surface area contributed by atoms with Gasteiger partial charge < -0.3 is 19.6 Å². The summed E-state index contributed by atoms with van der Waals surface area (Å²) in [5, 5.41) is 3.95. The SMILES string of the molecule is COc1cccc2c1ccn2CCNC(=O)CCc1nc2ccccc2[nH]c1=O. The van der Waals surface area contributed by atoms with Gasteiger partial charge in [0.2, 0.25) is 5.91 Å². The Labute approximate surface area is 167 Å². The van der Waals surface area contributed by atoms with Crippen LogP contribution in [-0.2, 0) is 17.8 Å². The summed E-state index contributed by atoms with van der Waals surface area (Å²) in [6.07, 6.45) is 2.50. The van der Waals surface area contributed by atoms with E-state index < -0.39 is 0 Å². The van der Waals surface area contributed by atoms with Crippen molar-refractivity contribution in [3.63, 3.8) is 0 Å². The van der Waals surface area contributed by atoms with Gasteiger partial charge in [-0.2, -0.15) is 0 Å². The Morgan fingerprint density at radius 1 is 1.17 bits per heavy atom. The molecule has 7 heteroatoms. The summed E-state index contributed by atoms with van der Waals surface area (Å²) in [5.74, 6) is 0.729. The van der Waals surface area contributed by atoms with Crippen LogP contribution < -0.4 is 15.6 Å². The normalized spacial score (nSPS) is 11.1. The van der Waals surface area contributed by atoms with Crippen molar-refractivity contribution in [3.05, 3.63) is 70.8 Å². The van der Waals surface area contributed by atoms with E-state index in [0.29, 0.717) is 30.7 Å². The summed E-state index contributed by atoms with van der Waals surface area (Å²) in [6, 6.07) is 15.3. The lowest BCUT2D eigenvalue weighted by Gasteiger charge is -2.08. The van der Waals surface area contributed by atoms with Crippen molar-refractivity contribution in [2.45, 2.75) is 19.4 Å². The molecular weight excluding hydrogens is 368 g/mol. The minimum Gasteiger partial charge on any atom is -0.496 e. The topological polar surface area (TPSA) is 89.0 Å². The Morgan fingerprint density at radius 2 is 2.03 bits per heavy atom. The van der Waals surface area contributed by atoms with Crippen molar-refractivity contribution in [1.82, 2.24) is 19.9 Å². The molecule has 0 spiro atoms. The Balaban J connectivity index is 1.33. The quantitative estimate of drug-likeness (QED) is 0.508. The molecule has 1 amide bonds. The molecule has 2 N–H and O–H groups in total. The van der Waals surface area contributed by atoms with Gasteiger partial charge in [-0.3, -0.25) is 9.59 Å².